The molecule has 7 aromatic heterocycles. The van der Waals surface area contributed by atoms with Crippen LogP contribution in [0.1, 0.15) is 68.3 Å². The Morgan fingerprint density at radius 2 is 0.653 bits per heavy atom. The number of nitrogens with zero attached hydrogens (tertiary/aromatic N) is 18. The minimum atomic E-state index is 0.389. The summed E-state index contributed by atoms with van der Waals surface area (Å²) in [4.78, 5) is 68.5. The lowest BCUT2D eigenvalue weighted by molar-refractivity contribution is 0.500. The maximum absolute atomic E-state index is 4.68. The molecule has 0 N–H and O–H groups in total. The van der Waals surface area contributed by atoms with Crippen LogP contribution in [0, 0.1) is 0 Å². The van der Waals surface area contributed by atoms with Crippen molar-refractivity contribution >= 4 is 68.8 Å². The van der Waals surface area contributed by atoms with Crippen LogP contribution in [0.25, 0.3) is 0 Å². The summed E-state index contributed by atoms with van der Waals surface area (Å²) in [7, 11) is 0. The standard InChI is InChI=1S/3C19H14N6/c1-3-12-10(20-5-1)7-14-16-15-8-11-13(4-2-6-21-11)25(15)19-17(16)18(24(12)14)22-9-23-19;1-2-12-18-13(3-1)25-15(5-11-17(25)7-21-9-23-11)19(18)14-4-10-16(24(12)14)6-20-8-22-10;1-2-12-16-13(3-1)25-15(5-11-7-21-9-23-19(11)25)17(16)14-4-10-6-20-8-22-18(10)24(12)14/h1-6,9,14-16H,7-8H2;1-3,6-9,14-15,19H,4-5H2;1-3,6-9,14-15,17H,4-5H2. The van der Waals surface area contributed by atoms with E-state index in [0.29, 0.717) is 54.0 Å². The van der Waals surface area contributed by atoms with Crippen molar-refractivity contribution in [1.29, 1.82) is 0 Å². The molecule has 18 nitrogen and oxygen atoms in total. The quantitative estimate of drug-likeness (QED) is 0.146. The molecular weight excluding hydrogens is 937 g/mol. The molecule has 0 aliphatic carbocycles. The molecule has 0 amide bonds. The molecular formula is C57H42N18. The summed E-state index contributed by atoms with van der Waals surface area (Å²) in [6, 6.07) is 24.2. The van der Waals surface area contributed by atoms with Gasteiger partial charge in [-0.2, -0.15) is 0 Å². The summed E-state index contributed by atoms with van der Waals surface area (Å²) in [5.74, 6) is 5.70. The van der Waals surface area contributed by atoms with Crippen molar-refractivity contribution in [2.75, 3.05) is 29.4 Å². The van der Waals surface area contributed by atoms with E-state index in [-0.39, 0.29) is 0 Å². The molecule has 12 aliphatic heterocycles. The van der Waals surface area contributed by atoms with E-state index in [1.54, 1.807) is 31.6 Å². The fourth-order valence-corrected chi connectivity index (χ4v) is 16.3. The summed E-state index contributed by atoms with van der Waals surface area (Å²) in [6.07, 6.45) is 26.0. The second-order valence-electron chi connectivity index (χ2n) is 21.7. The molecule has 75 heavy (non-hydrogen) atoms. The number of hydrogen-bond acceptors (Lipinski definition) is 18. The Hall–Kier alpha value is -9.06. The number of pyridine rings is 2. The first-order valence-electron chi connectivity index (χ1n) is 26.1. The van der Waals surface area contributed by atoms with Gasteiger partial charge in [0.05, 0.1) is 70.0 Å². The van der Waals surface area contributed by atoms with E-state index in [1.807, 2.05) is 49.3 Å². The van der Waals surface area contributed by atoms with Crippen molar-refractivity contribution < 1.29 is 0 Å². The van der Waals surface area contributed by atoms with Crippen molar-refractivity contribution in [2.45, 2.75) is 92.5 Å². The minimum absolute atomic E-state index is 0.389. The van der Waals surface area contributed by atoms with Crippen LogP contribution in [-0.2, 0) is 38.5 Å². The van der Waals surface area contributed by atoms with E-state index < -0.39 is 0 Å². The van der Waals surface area contributed by atoms with Gasteiger partial charge in [0.1, 0.15) is 54.9 Å². The van der Waals surface area contributed by atoms with Gasteiger partial charge in [-0.05, 0) is 61.4 Å². The average molecular weight is 979 g/mol. The molecule has 2 aromatic carbocycles. The fourth-order valence-electron chi connectivity index (χ4n) is 16.3. The second kappa shape index (κ2) is 14.0. The molecule has 9 aromatic rings. The summed E-state index contributed by atoms with van der Waals surface area (Å²) in [5.41, 5.74) is 21.6. The lowest BCUT2D eigenvalue weighted by Gasteiger charge is -2.29. The summed E-state index contributed by atoms with van der Waals surface area (Å²) >= 11 is 0. The number of hydrogen-bond donors (Lipinski definition) is 0. The number of aromatic nitrogens is 12. The first kappa shape index (κ1) is 39.5. The van der Waals surface area contributed by atoms with Crippen LogP contribution in [0.4, 0.5) is 68.8 Å². The zero-order chi connectivity index (χ0) is 48.4. The predicted octanol–water partition coefficient (Wildman–Crippen LogP) is 7.51. The molecule has 19 heterocycles. The summed E-state index contributed by atoms with van der Waals surface area (Å²) in [6.45, 7) is 0. The van der Waals surface area contributed by atoms with Gasteiger partial charge < -0.3 is 29.4 Å². The Balaban J connectivity index is 0.0000000865. The van der Waals surface area contributed by atoms with Crippen molar-refractivity contribution in [3.63, 3.8) is 0 Å². The predicted molar refractivity (Wildman–Crippen MR) is 278 cm³/mol. The summed E-state index contributed by atoms with van der Waals surface area (Å²) < 4.78 is 0. The topological polar surface area (TPSA) is 174 Å². The van der Waals surface area contributed by atoms with Crippen molar-refractivity contribution in [3.05, 3.63) is 180 Å². The Labute approximate surface area is 428 Å². The molecule has 6 unspecified atom stereocenters. The highest BCUT2D eigenvalue weighted by Gasteiger charge is 2.60. The van der Waals surface area contributed by atoms with Crippen LogP contribution in [-0.4, -0.2) is 96.1 Å². The third kappa shape index (κ3) is 4.82. The molecule has 0 radical (unpaired) electrons. The number of fused-ring (bicyclic) bond motifs is 30. The maximum atomic E-state index is 4.68. The monoisotopic (exact) mass is 978 g/mol. The molecule has 0 saturated heterocycles. The van der Waals surface area contributed by atoms with E-state index in [4.69, 9.17) is 0 Å². The highest BCUT2D eigenvalue weighted by Crippen LogP contribution is 2.65. The van der Waals surface area contributed by atoms with E-state index in [9.17, 15) is 0 Å². The molecule has 0 fully saturated rings. The zero-order valence-electron chi connectivity index (χ0n) is 40.1. The van der Waals surface area contributed by atoms with Gasteiger partial charge in [-0.3, -0.25) is 9.97 Å². The first-order valence-corrected chi connectivity index (χ1v) is 26.1. The molecule has 0 saturated carbocycles. The Kier molecular flexibility index (Phi) is 7.34. The van der Waals surface area contributed by atoms with Crippen LogP contribution in [0.3, 0.4) is 0 Å². The van der Waals surface area contributed by atoms with E-state index in [1.165, 1.54) is 96.1 Å². The normalized spacial score (nSPS) is 26.3. The molecule has 12 aliphatic rings. The minimum Gasteiger partial charge on any atom is -0.334 e. The molecule has 0 bridgehead atoms. The number of benzene rings is 2. The van der Waals surface area contributed by atoms with Crippen LogP contribution in [0.5, 0.6) is 0 Å². The highest BCUT2D eigenvalue weighted by molar-refractivity contribution is 5.91. The fraction of sp³-hybridized carbons (Fsp3) is 0.263. The molecule has 18 heteroatoms. The Morgan fingerprint density at radius 1 is 0.293 bits per heavy atom. The first-order chi connectivity index (χ1) is 37.2. The molecule has 6 atom stereocenters. The van der Waals surface area contributed by atoms with E-state index >= 15 is 0 Å². The largest absolute Gasteiger partial charge is 0.334 e. The van der Waals surface area contributed by atoms with Gasteiger partial charge in [0.2, 0.25) is 0 Å². The van der Waals surface area contributed by atoms with Gasteiger partial charge in [0, 0.05) is 143 Å². The smallest absolute Gasteiger partial charge is 0.142 e. The van der Waals surface area contributed by atoms with Gasteiger partial charge in [-0.25, -0.2) is 49.8 Å². The van der Waals surface area contributed by atoms with Gasteiger partial charge in [0.15, 0.2) is 0 Å². The third-order valence-electron chi connectivity index (χ3n) is 18.7. The van der Waals surface area contributed by atoms with E-state index in [0.717, 1.165) is 61.8 Å². The zero-order valence-corrected chi connectivity index (χ0v) is 40.1. The maximum Gasteiger partial charge on any atom is 0.142 e. The highest BCUT2D eigenvalue weighted by atomic mass is 15.4. The molecule has 21 rings (SSSR count). The van der Waals surface area contributed by atoms with E-state index in [2.05, 4.69) is 138 Å². The van der Waals surface area contributed by atoms with Crippen molar-refractivity contribution in [2.24, 2.45) is 0 Å². The Bertz CT molecular complexity index is 3360. The van der Waals surface area contributed by atoms with Crippen molar-refractivity contribution in [1.82, 2.24) is 59.8 Å². The van der Waals surface area contributed by atoms with Crippen LogP contribution < -0.4 is 29.4 Å². The summed E-state index contributed by atoms with van der Waals surface area (Å²) in [5, 5.41) is 0. The Morgan fingerprint density at radius 3 is 1.15 bits per heavy atom. The van der Waals surface area contributed by atoms with Gasteiger partial charge in [-0.1, -0.05) is 12.1 Å². The van der Waals surface area contributed by atoms with Crippen LogP contribution >= 0.6 is 0 Å². The van der Waals surface area contributed by atoms with Crippen molar-refractivity contribution in [3.8, 4) is 0 Å². The molecule has 360 valence electrons. The number of rotatable bonds is 0. The SMILES string of the molecule is c1cc2c3c(c1)N1c4cncnc4CC1C3C1Cc3ncncc3N21.c1cc2c3c(c1)N1c4ncncc4CC1C3C1Cc3cncnc3N21.c1cnc2c(c1)N1c3ncnc4c3C(C1C2)C1Cc2ncccc2N41. The van der Waals surface area contributed by atoms with Crippen LogP contribution in [0.2, 0.25) is 0 Å². The number of anilines is 12. The third-order valence-corrected chi connectivity index (χ3v) is 18.7. The van der Waals surface area contributed by atoms with Gasteiger partial charge in [0.25, 0.3) is 0 Å². The van der Waals surface area contributed by atoms with Gasteiger partial charge >= 0.3 is 0 Å². The molecule has 0 spiro atoms. The average Bonchev–Trinajstić information content (AvgIpc) is 4.39. The lowest BCUT2D eigenvalue weighted by atomic mass is 9.87. The van der Waals surface area contributed by atoms with Crippen LogP contribution in [0.15, 0.2) is 129 Å². The second-order valence-corrected chi connectivity index (χ2v) is 21.7. The van der Waals surface area contributed by atoms with Gasteiger partial charge in [-0.15, -0.1) is 0 Å². The lowest BCUT2D eigenvalue weighted by Crippen LogP contribution is -2.37.